The molecule has 158 valence electrons. The molecule has 2 aromatic rings. The van der Waals surface area contributed by atoms with E-state index in [4.69, 9.17) is 11.6 Å². The van der Waals surface area contributed by atoms with Gasteiger partial charge in [0.1, 0.15) is 11.4 Å². The predicted octanol–water partition coefficient (Wildman–Crippen LogP) is 3.22. The van der Waals surface area contributed by atoms with Gasteiger partial charge in [-0.25, -0.2) is 9.29 Å². The van der Waals surface area contributed by atoms with Crippen molar-refractivity contribution >= 4 is 40.7 Å². The molecule has 4 aliphatic heterocycles. The molecular weight excluding hydrogens is 421 g/mol. The third kappa shape index (κ3) is 2.18. The van der Waals surface area contributed by atoms with Crippen LogP contribution in [0, 0.1) is 24.6 Å². The maximum atomic E-state index is 14.3. The molecule has 0 radical (unpaired) electrons. The number of hydrogen-bond acceptors (Lipinski definition) is 4. The highest BCUT2D eigenvalue weighted by molar-refractivity contribution is 6.32. The van der Waals surface area contributed by atoms with E-state index in [1.807, 2.05) is 11.8 Å². The normalized spacial score (nSPS) is 31.4. The van der Waals surface area contributed by atoms with E-state index in [1.54, 1.807) is 18.2 Å². The number of amides is 3. The van der Waals surface area contributed by atoms with E-state index in [2.05, 4.69) is 5.32 Å². The van der Waals surface area contributed by atoms with Crippen molar-refractivity contribution in [2.24, 2.45) is 11.8 Å². The van der Waals surface area contributed by atoms with Crippen LogP contribution in [0.3, 0.4) is 0 Å². The van der Waals surface area contributed by atoms with Crippen molar-refractivity contribution in [1.82, 2.24) is 4.90 Å². The zero-order chi connectivity index (χ0) is 21.7. The van der Waals surface area contributed by atoms with E-state index in [0.717, 1.165) is 12.0 Å². The van der Waals surface area contributed by atoms with E-state index >= 15 is 0 Å². The fourth-order valence-electron chi connectivity index (χ4n) is 6.24. The Morgan fingerprint density at radius 1 is 1.13 bits per heavy atom. The van der Waals surface area contributed by atoms with Gasteiger partial charge in [-0.2, -0.15) is 0 Å². The van der Waals surface area contributed by atoms with Crippen LogP contribution in [0.15, 0.2) is 36.4 Å². The molecule has 6 nitrogen and oxygen atoms in total. The van der Waals surface area contributed by atoms with Gasteiger partial charge in [0.25, 0.3) is 0 Å². The monoisotopic (exact) mass is 439 g/mol. The molecule has 31 heavy (non-hydrogen) atoms. The summed E-state index contributed by atoms with van der Waals surface area (Å²) in [5, 5.41) is 3.26. The summed E-state index contributed by atoms with van der Waals surface area (Å²) >= 11 is 6.17. The van der Waals surface area contributed by atoms with Crippen molar-refractivity contribution in [3.05, 3.63) is 58.4 Å². The first-order chi connectivity index (χ1) is 14.9. The molecule has 0 bridgehead atoms. The van der Waals surface area contributed by atoms with Gasteiger partial charge in [-0.1, -0.05) is 17.7 Å². The summed E-state index contributed by atoms with van der Waals surface area (Å²) in [6.07, 6.45) is 1.52. The van der Waals surface area contributed by atoms with Gasteiger partial charge in [-0.3, -0.25) is 19.3 Å². The Hall–Kier alpha value is -2.77. The molecule has 2 aromatic carbocycles. The van der Waals surface area contributed by atoms with Crippen molar-refractivity contribution in [2.45, 2.75) is 31.3 Å². The quantitative estimate of drug-likeness (QED) is 0.693. The number of carbonyl (C=O) groups excluding carboxylic acids is 3. The molecule has 8 heteroatoms. The standard InChI is InChI=1S/C23H19ClFN3O3/c1-11-4-5-12(24)9-17(11)28-20(29)18-16-3-2-8-27(16)23(19(18)21(28)30)14-10-13(25)6-7-15(14)26-22(23)31/h4-7,9-10,16,18-19H,2-3,8H2,1H3,(H,26,31)/t16-,18-,19-,23+/m0/s1. The Labute approximate surface area is 183 Å². The Morgan fingerprint density at radius 3 is 2.74 bits per heavy atom. The number of imide groups is 1. The van der Waals surface area contributed by atoms with Crippen LogP contribution in [0.2, 0.25) is 5.02 Å². The van der Waals surface area contributed by atoms with Crippen LogP contribution < -0.4 is 10.2 Å². The smallest absolute Gasteiger partial charge is 0.250 e. The van der Waals surface area contributed by atoms with Crippen LogP contribution in [-0.4, -0.2) is 35.2 Å². The molecule has 3 saturated heterocycles. The van der Waals surface area contributed by atoms with Crippen molar-refractivity contribution in [1.29, 1.82) is 0 Å². The number of carbonyl (C=O) groups is 3. The van der Waals surface area contributed by atoms with Crippen LogP contribution in [0.1, 0.15) is 24.0 Å². The summed E-state index contributed by atoms with van der Waals surface area (Å²) in [4.78, 5) is 44.2. The number of hydrogen-bond donors (Lipinski definition) is 1. The average Bonchev–Trinajstić information content (AvgIpc) is 3.43. The lowest BCUT2D eigenvalue weighted by atomic mass is 9.75. The van der Waals surface area contributed by atoms with Crippen LogP contribution in [0.4, 0.5) is 15.8 Å². The van der Waals surface area contributed by atoms with Gasteiger partial charge < -0.3 is 5.32 Å². The molecule has 4 heterocycles. The number of nitrogens with zero attached hydrogens (tertiary/aromatic N) is 2. The number of aryl methyl sites for hydroxylation is 1. The number of halogens is 2. The maximum absolute atomic E-state index is 14.3. The molecule has 1 spiro atoms. The second-order valence-corrected chi connectivity index (χ2v) is 9.20. The fourth-order valence-corrected chi connectivity index (χ4v) is 6.40. The predicted molar refractivity (Wildman–Crippen MR) is 112 cm³/mol. The van der Waals surface area contributed by atoms with Crippen molar-refractivity contribution < 1.29 is 18.8 Å². The highest BCUT2D eigenvalue weighted by atomic mass is 35.5. The number of benzene rings is 2. The molecule has 0 unspecified atom stereocenters. The lowest BCUT2D eigenvalue weighted by Crippen LogP contribution is -2.54. The fraction of sp³-hybridized carbons (Fsp3) is 0.348. The Kier molecular flexibility index (Phi) is 3.76. The molecule has 3 amide bonds. The average molecular weight is 440 g/mol. The highest BCUT2D eigenvalue weighted by Crippen LogP contribution is 2.60. The van der Waals surface area contributed by atoms with Crippen molar-refractivity contribution in [2.75, 3.05) is 16.8 Å². The third-order valence-electron chi connectivity index (χ3n) is 7.37. The van der Waals surface area contributed by atoms with Crippen LogP contribution in [0.5, 0.6) is 0 Å². The molecule has 1 N–H and O–H groups in total. The van der Waals surface area contributed by atoms with Crippen molar-refractivity contribution in [3.63, 3.8) is 0 Å². The van der Waals surface area contributed by atoms with Gasteiger partial charge in [0.15, 0.2) is 0 Å². The SMILES string of the molecule is Cc1ccc(Cl)cc1N1C(=O)[C@@H]2[C@@H](C1=O)[C@]1(C(=O)Nc3ccc(F)cc31)N1CCC[C@@H]21. The largest absolute Gasteiger partial charge is 0.324 e. The second kappa shape index (κ2) is 6.14. The number of fused-ring (bicyclic) bond motifs is 7. The number of nitrogens with one attached hydrogen (secondary N) is 1. The minimum absolute atomic E-state index is 0.245. The first-order valence-corrected chi connectivity index (χ1v) is 10.8. The third-order valence-corrected chi connectivity index (χ3v) is 7.60. The zero-order valence-corrected chi connectivity index (χ0v) is 17.4. The molecule has 4 aliphatic rings. The lowest BCUT2D eigenvalue weighted by molar-refractivity contribution is -0.135. The molecule has 0 aliphatic carbocycles. The van der Waals surface area contributed by atoms with Gasteiger partial charge in [0.05, 0.1) is 17.5 Å². The first kappa shape index (κ1) is 19.0. The van der Waals surface area contributed by atoms with E-state index in [1.165, 1.54) is 23.1 Å². The first-order valence-electron chi connectivity index (χ1n) is 10.4. The minimum atomic E-state index is -1.38. The maximum Gasteiger partial charge on any atom is 0.250 e. The summed E-state index contributed by atoms with van der Waals surface area (Å²) < 4.78 is 14.3. The minimum Gasteiger partial charge on any atom is -0.324 e. The van der Waals surface area contributed by atoms with Crippen LogP contribution in [0.25, 0.3) is 0 Å². The molecule has 0 saturated carbocycles. The molecule has 4 atom stereocenters. The van der Waals surface area contributed by atoms with E-state index in [9.17, 15) is 18.8 Å². The molecule has 0 aromatic heterocycles. The summed E-state index contributed by atoms with van der Waals surface area (Å²) in [5.41, 5.74) is 0.746. The second-order valence-electron chi connectivity index (χ2n) is 8.76. The van der Waals surface area contributed by atoms with E-state index in [0.29, 0.717) is 34.9 Å². The molecular formula is C23H19ClFN3O3. The lowest BCUT2D eigenvalue weighted by Gasteiger charge is -2.36. The Morgan fingerprint density at radius 2 is 1.94 bits per heavy atom. The van der Waals surface area contributed by atoms with E-state index in [-0.39, 0.29) is 17.9 Å². The highest BCUT2D eigenvalue weighted by Gasteiger charge is 2.74. The Balaban J connectivity index is 1.58. The Bertz CT molecular complexity index is 1200. The van der Waals surface area contributed by atoms with Crippen LogP contribution in [-0.2, 0) is 19.9 Å². The zero-order valence-electron chi connectivity index (χ0n) is 16.7. The molecule has 3 fully saturated rings. The van der Waals surface area contributed by atoms with Crippen LogP contribution >= 0.6 is 11.6 Å². The van der Waals surface area contributed by atoms with Gasteiger partial charge in [-0.05, 0) is 62.2 Å². The summed E-state index contributed by atoms with van der Waals surface area (Å²) in [6, 6.07) is 8.97. The number of rotatable bonds is 1. The van der Waals surface area contributed by atoms with Gasteiger partial charge >= 0.3 is 0 Å². The van der Waals surface area contributed by atoms with Gasteiger partial charge in [0.2, 0.25) is 17.7 Å². The van der Waals surface area contributed by atoms with Gasteiger partial charge in [0, 0.05) is 22.3 Å². The molecule has 6 rings (SSSR count). The van der Waals surface area contributed by atoms with E-state index < -0.39 is 29.1 Å². The summed E-state index contributed by atoms with van der Waals surface area (Å²) in [6.45, 7) is 2.39. The summed E-state index contributed by atoms with van der Waals surface area (Å²) in [7, 11) is 0. The number of anilines is 2. The van der Waals surface area contributed by atoms with Gasteiger partial charge in [-0.15, -0.1) is 0 Å². The summed E-state index contributed by atoms with van der Waals surface area (Å²) in [5.74, 6) is -3.15. The van der Waals surface area contributed by atoms with Crippen molar-refractivity contribution in [3.8, 4) is 0 Å². The topological polar surface area (TPSA) is 69.7 Å².